The Morgan fingerprint density at radius 1 is 1.16 bits per heavy atom. The number of ketones is 1. The summed E-state index contributed by atoms with van der Waals surface area (Å²) in [5.41, 5.74) is 0.831. The first-order chi connectivity index (χ1) is 15.3. The summed E-state index contributed by atoms with van der Waals surface area (Å²) < 4.78 is 11.1. The molecule has 32 heavy (non-hydrogen) atoms. The van der Waals surface area contributed by atoms with Crippen LogP contribution < -0.4 is 4.74 Å². The quantitative estimate of drug-likeness (QED) is 0.266. The predicted molar refractivity (Wildman–Crippen MR) is 125 cm³/mol. The Kier molecular flexibility index (Phi) is 8.11. The monoisotopic (exact) mass is 537 g/mol. The third-order valence-electron chi connectivity index (χ3n) is 4.25. The second kappa shape index (κ2) is 10.8. The molecule has 0 atom stereocenters. The van der Waals surface area contributed by atoms with E-state index in [1.165, 1.54) is 18.2 Å². The van der Waals surface area contributed by atoms with Crippen LogP contribution in [0.5, 0.6) is 5.75 Å². The molecule has 0 radical (unpaired) electrons. The lowest BCUT2D eigenvalue weighted by molar-refractivity contribution is -0.145. The van der Waals surface area contributed by atoms with Crippen molar-refractivity contribution < 1.29 is 28.7 Å². The van der Waals surface area contributed by atoms with E-state index in [4.69, 9.17) is 21.1 Å². The molecular weight excluding hydrogens is 522 g/mol. The molecule has 10 heteroatoms. The van der Waals surface area contributed by atoms with Crippen molar-refractivity contribution in [2.75, 3.05) is 19.8 Å². The summed E-state index contributed by atoms with van der Waals surface area (Å²) in [6, 6.07) is 11.2. The van der Waals surface area contributed by atoms with Gasteiger partial charge in [0.05, 0.1) is 18.1 Å². The number of esters is 1. The lowest BCUT2D eigenvalue weighted by atomic mass is 10.1. The van der Waals surface area contributed by atoms with Gasteiger partial charge in [-0.05, 0) is 67.2 Å². The van der Waals surface area contributed by atoms with Crippen LogP contribution in [0.1, 0.15) is 22.8 Å². The first-order valence-electron chi connectivity index (χ1n) is 9.40. The van der Waals surface area contributed by atoms with E-state index in [1.54, 1.807) is 37.3 Å². The maximum atomic E-state index is 12.8. The largest absolute Gasteiger partial charge is 0.481 e. The normalized spacial score (nSPS) is 14.7. The predicted octanol–water partition coefficient (Wildman–Crippen LogP) is 4.96. The van der Waals surface area contributed by atoms with Gasteiger partial charge in [0.15, 0.2) is 12.4 Å². The number of halogens is 2. The van der Waals surface area contributed by atoms with E-state index >= 15 is 0 Å². The van der Waals surface area contributed by atoms with Crippen LogP contribution in [0, 0.1) is 0 Å². The molecule has 2 aromatic carbocycles. The maximum Gasteiger partial charge on any atom is 0.344 e. The summed E-state index contributed by atoms with van der Waals surface area (Å²) in [5, 5.41) is -0.0711. The van der Waals surface area contributed by atoms with Crippen molar-refractivity contribution in [2.45, 2.75) is 6.92 Å². The van der Waals surface area contributed by atoms with Crippen LogP contribution >= 0.6 is 39.3 Å². The molecular formula is C22H17BrClNO6S. The average Bonchev–Trinajstić information content (AvgIpc) is 3.01. The lowest BCUT2D eigenvalue weighted by Gasteiger charge is -2.12. The molecule has 0 N–H and O–H groups in total. The molecule has 0 unspecified atom stereocenters. The highest BCUT2D eigenvalue weighted by Gasteiger charge is 2.36. The summed E-state index contributed by atoms with van der Waals surface area (Å²) >= 11 is 9.91. The van der Waals surface area contributed by atoms with Gasteiger partial charge < -0.3 is 9.47 Å². The Bertz CT molecular complexity index is 1100. The van der Waals surface area contributed by atoms with E-state index in [9.17, 15) is 19.2 Å². The molecule has 0 aromatic heterocycles. The number of hydrogen-bond donors (Lipinski definition) is 0. The number of nitrogens with zero attached hydrogens (tertiary/aromatic N) is 1. The Morgan fingerprint density at radius 2 is 1.88 bits per heavy atom. The van der Waals surface area contributed by atoms with E-state index in [-0.39, 0.29) is 30.4 Å². The fourth-order valence-electron chi connectivity index (χ4n) is 2.75. The topological polar surface area (TPSA) is 90.0 Å². The average molecular weight is 539 g/mol. The summed E-state index contributed by atoms with van der Waals surface area (Å²) in [7, 11) is 0. The van der Waals surface area contributed by atoms with Gasteiger partial charge >= 0.3 is 5.97 Å². The molecule has 2 aromatic rings. The minimum atomic E-state index is -0.585. The van der Waals surface area contributed by atoms with Crippen LogP contribution in [0.15, 0.2) is 51.8 Å². The van der Waals surface area contributed by atoms with Crippen LogP contribution in [-0.4, -0.2) is 47.6 Å². The first kappa shape index (κ1) is 24.0. The molecule has 166 valence electrons. The minimum Gasteiger partial charge on any atom is -0.481 e. The van der Waals surface area contributed by atoms with Crippen LogP contribution in [0.3, 0.4) is 0 Å². The standard InChI is InChI=1S/C22H17BrClNO6S/c1-2-30-20(27)12-31-18-8-5-15(23)9-14(18)10-19-21(28)25(22(29)32-19)11-17(26)13-3-6-16(24)7-4-13/h3-10H,2,11-12H2,1H3/b19-10+. The highest BCUT2D eigenvalue weighted by molar-refractivity contribution is 9.10. The van der Waals surface area contributed by atoms with Gasteiger partial charge in [0.2, 0.25) is 0 Å². The molecule has 1 heterocycles. The molecule has 0 spiro atoms. The van der Waals surface area contributed by atoms with Crippen molar-refractivity contribution in [1.29, 1.82) is 0 Å². The van der Waals surface area contributed by atoms with Crippen molar-refractivity contribution in [3.63, 3.8) is 0 Å². The van der Waals surface area contributed by atoms with E-state index in [2.05, 4.69) is 15.9 Å². The van der Waals surface area contributed by atoms with Gasteiger partial charge in [0.1, 0.15) is 5.75 Å². The number of imide groups is 1. The van der Waals surface area contributed by atoms with E-state index < -0.39 is 17.1 Å². The number of amides is 2. The number of rotatable bonds is 8. The van der Waals surface area contributed by atoms with E-state index in [0.29, 0.717) is 26.4 Å². The molecule has 7 nitrogen and oxygen atoms in total. The van der Waals surface area contributed by atoms with Crippen LogP contribution in [0.4, 0.5) is 4.79 Å². The molecule has 1 fully saturated rings. The van der Waals surface area contributed by atoms with Crippen molar-refractivity contribution in [2.24, 2.45) is 0 Å². The van der Waals surface area contributed by atoms with Crippen LogP contribution in [0.25, 0.3) is 6.08 Å². The van der Waals surface area contributed by atoms with Gasteiger partial charge in [0, 0.05) is 20.6 Å². The summed E-state index contributed by atoms with van der Waals surface area (Å²) in [4.78, 5) is 50.3. The third-order valence-corrected chi connectivity index (χ3v) is 5.90. The smallest absolute Gasteiger partial charge is 0.344 e. The summed E-state index contributed by atoms with van der Waals surface area (Å²) in [6.07, 6.45) is 1.49. The van der Waals surface area contributed by atoms with Gasteiger partial charge in [0.25, 0.3) is 11.1 Å². The number of Topliss-reactive ketones (excluding diaryl/α,β-unsaturated/α-hetero) is 1. The minimum absolute atomic E-state index is 0.137. The zero-order valence-corrected chi connectivity index (χ0v) is 20.0. The second-order valence-corrected chi connectivity index (χ2v) is 8.82. The third kappa shape index (κ3) is 5.99. The second-order valence-electron chi connectivity index (χ2n) is 6.47. The highest BCUT2D eigenvalue weighted by atomic mass is 79.9. The number of carbonyl (C=O) groups excluding carboxylic acids is 4. The Morgan fingerprint density at radius 3 is 2.56 bits per heavy atom. The molecule has 0 bridgehead atoms. The highest BCUT2D eigenvalue weighted by Crippen LogP contribution is 2.35. The van der Waals surface area contributed by atoms with Gasteiger partial charge in [-0.1, -0.05) is 27.5 Å². The van der Waals surface area contributed by atoms with Gasteiger partial charge in [-0.15, -0.1) is 0 Å². The van der Waals surface area contributed by atoms with E-state index in [0.717, 1.165) is 16.7 Å². The fourth-order valence-corrected chi connectivity index (χ4v) is 4.09. The Hall–Kier alpha value is -2.62. The number of benzene rings is 2. The van der Waals surface area contributed by atoms with Crippen molar-refractivity contribution >= 4 is 68.3 Å². The number of hydrogen-bond acceptors (Lipinski definition) is 7. The zero-order chi connectivity index (χ0) is 23.3. The Balaban J connectivity index is 1.78. The van der Waals surface area contributed by atoms with Gasteiger partial charge in [-0.3, -0.25) is 19.3 Å². The van der Waals surface area contributed by atoms with Gasteiger partial charge in [-0.25, -0.2) is 4.79 Å². The molecule has 2 amide bonds. The zero-order valence-electron chi connectivity index (χ0n) is 16.8. The fraction of sp³-hybridized carbons (Fsp3) is 0.182. The van der Waals surface area contributed by atoms with E-state index in [1.807, 2.05) is 0 Å². The lowest BCUT2D eigenvalue weighted by Crippen LogP contribution is -2.33. The Labute approximate surface area is 201 Å². The molecule has 0 aliphatic carbocycles. The molecule has 1 aliphatic rings. The SMILES string of the molecule is CCOC(=O)COc1ccc(Br)cc1/C=C1/SC(=O)N(CC(=O)c2ccc(Cl)cc2)C1=O. The number of carbonyl (C=O) groups is 4. The number of thioether (sulfide) groups is 1. The summed E-state index contributed by atoms with van der Waals surface area (Å²) in [6.45, 7) is 1.25. The van der Waals surface area contributed by atoms with Crippen molar-refractivity contribution in [1.82, 2.24) is 4.90 Å². The first-order valence-corrected chi connectivity index (χ1v) is 11.4. The number of ether oxygens (including phenoxy) is 2. The van der Waals surface area contributed by atoms with Crippen molar-refractivity contribution in [3.05, 3.63) is 68.0 Å². The molecule has 1 aliphatic heterocycles. The molecule has 0 saturated carbocycles. The van der Waals surface area contributed by atoms with Crippen molar-refractivity contribution in [3.8, 4) is 5.75 Å². The van der Waals surface area contributed by atoms with Crippen LogP contribution in [-0.2, 0) is 14.3 Å². The molecule has 3 rings (SSSR count). The summed E-state index contributed by atoms with van der Waals surface area (Å²) in [5.74, 6) is -1.16. The maximum absolute atomic E-state index is 12.8. The van der Waals surface area contributed by atoms with Crippen LogP contribution in [0.2, 0.25) is 5.02 Å². The van der Waals surface area contributed by atoms with Gasteiger partial charge in [-0.2, -0.15) is 0 Å². The molecule has 1 saturated heterocycles.